The van der Waals surface area contributed by atoms with E-state index in [1.807, 2.05) is 39.4 Å². The molecular formula is C19H20N8O2. The van der Waals surface area contributed by atoms with Gasteiger partial charge in [0, 0.05) is 37.1 Å². The lowest BCUT2D eigenvalue weighted by Gasteiger charge is -2.12. The van der Waals surface area contributed by atoms with Crippen LogP contribution in [0, 0.1) is 0 Å². The molecule has 4 aromatic rings. The summed E-state index contributed by atoms with van der Waals surface area (Å²) >= 11 is 0. The second kappa shape index (κ2) is 7.30. The first kappa shape index (κ1) is 18.5. The van der Waals surface area contributed by atoms with E-state index >= 15 is 0 Å². The van der Waals surface area contributed by atoms with Crippen molar-refractivity contribution < 1.29 is 4.79 Å². The van der Waals surface area contributed by atoms with Crippen LogP contribution >= 0.6 is 0 Å². The van der Waals surface area contributed by atoms with Gasteiger partial charge in [0.1, 0.15) is 30.0 Å². The molecule has 10 heteroatoms. The lowest BCUT2D eigenvalue weighted by molar-refractivity contribution is -0.117. The van der Waals surface area contributed by atoms with Crippen molar-refractivity contribution in [2.75, 3.05) is 5.32 Å². The van der Waals surface area contributed by atoms with Crippen molar-refractivity contribution in [3.8, 4) is 11.3 Å². The molecule has 1 amide bonds. The highest BCUT2D eigenvalue weighted by atomic mass is 16.2. The van der Waals surface area contributed by atoms with Crippen molar-refractivity contribution in [2.24, 2.45) is 7.05 Å². The van der Waals surface area contributed by atoms with Gasteiger partial charge in [-0.1, -0.05) is 13.8 Å². The van der Waals surface area contributed by atoms with E-state index in [4.69, 9.17) is 0 Å². The minimum Gasteiger partial charge on any atom is -0.309 e. The highest BCUT2D eigenvalue weighted by molar-refractivity contribution is 5.89. The Balaban J connectivity index is 1.73. The molecule has 0 radical (unpaired) electrons. The van der Waals surface area contributed by atoms with E-state index in [-0.39, 0.29) is 18.0 Å². The van der Waals surface area contributed by atoms with E-state index < -0.39 is 5.91 Å². The molecule has 0 atom stereocenters. The number of hydrogen-bond donors (Lipinski definition) is 1. The summed E-state index contributed by atoms with van der Waals surface area (Å²) in [4.78, 5) is 33.1. The van der Waals surface area contributed by atoms with Gasteiger partial charge in [0.05, 0.1) is 5.69 Å². The van der Waals surface area contributed by atoms with Gasteiger partial charge in [-0.05, 0) is 18.2 Å². The predicted molar refractivity (Wildman–Crippen MR) is 106 cm³/mol. The molecule has 0 aliphatic rings. The van der Waals surface area contributed by atoms with Crippen LogP contribution in [0.25, 0.3) is 16.8 Å². The van der Waals surface area contributed by atoms with Gasteiger partial charge < -0.3 is 5.32 Å². The monoisotopic (exact) mass is 392 g/mol. The Morgan fingerprint density at radius 1 is 1.24 bits per heavy atom. The molecule has 0 spiro atoms. The first-order chi connectivity index (χ1) is 13.9. The fraction of sp³-hybridized carbons (Fsp3) is 0.263. The predicted octanol–water partition coefficient (Wildman–Crippen LogP) is 1.45. The molecule has 0 aliphatic carbocycles. The molecule has 29 heavy (non-hydrogen) atoms. The smallest absolute Gasteiger partial charge is 0.291 e. The normalized spacial score (nSPS) is 11.3. The number of nitrogens with one attached hydrogen (secondary N) is 1. The standard InChI is InChI=1S/C19H20N8O2/c1-12(2)18-24-27(10-17(28)22-16-4-6-20-11-21-16)19(29)15-8-13(9-26(15)18)14-5-7-25(3)23-14/h4-9,11-12H,10H2,1-3H3,(H,20,21,22,28). The highest BCUT2D eigenvalue weighted by Gasteiger charge is 2.17. The third-order valence-corrected chi connectivity index (χ3v) is 4.41. The number of nitrogens with zero attached hydrogens (tertiary/aromatic N) is 7. The zero-order valence-corrected chi connectivity index (χ0v) is 16.3. The number of aromatic nitrogens is 7. The molecule has 0 bridgehead atoms. The molecule has 4 rings (SSSR count). The van der Waals surface area contributed by atoms with Crippen LogP contribution in [0.3, 0.4) is 0 Å². The summed E-state index contributed by atoms with van der Waals surface area (Å²) in [6.07, 6.45) is 6.56. The van der Waals surface area contributed by atoms with Crippen LogP contribution in [0.4, 0.5) is 5.82 Å². The second-order valence-corrected chi connectivity index (χ2v) is 6.98. The summed E-state index contributed by atoms with van der Waals surface area (Å²) in [5, 5.41) is 11.5. The third-order valence-electron chi connectivity index (χ3n) is 4.41. The fourth-order valence-electron chi connectivity index (χ4n) is 3.06. The molecule has 148 valence electrons. The topological polar surface area (TPSA) is 112 Å². The largest absolute Gasteiger partial charge is 0.309 e. The van der Waals surface area contributed by atoms with Crippen LogP contribution in [0.2, 0.25) is 0 Å². The van der Waals surface area contributed by atoms with Crippen LogP contribution in [0.5, 0.6) is 0 Å². The SMILES string of the molecule is CC(C)c1nn(CC(=O)Nc2ccncn2)c(=O)c2cc(-c3ccn(C)n3)cn12. The molecule has 0 aromatic carbocycles. The first-order valence-corrected chi connectivity index (χ1v) is 9.11. The van der Waals surface area contributed by atoms with Crippen molar-refractivity contribution in [3.05, 3.63) is 59.3 Å². The van der Waals surface area contributed by atoms with Crippen LogP contribution in [-0.2, 0) is 18.4 Å². The summed E-state index contributed by atoms with van der Waals surface area (Å²) in [5.41, 5.74) is 1.67. The molecule has 0 aliphatic heterocycles. The van der Waals surface area contributed by atoms with Gasteiger partial charge in [-0.15, -0.1) is 0 Å². The van der Waals surface area contributed by atoms with Crippen molar-refractivity contribution in [1.29, 1.82) is 0 Å². The maximum atomic E-state index is 13.0. The van der Waals surface area contributed by atoms with E-state index in [2.05, 4.69) is 25.5 Å². The van der Waals surface area contributed by atoms with Gasteiger partial charge in [-0.25, -0.2) is 14.6 Å². The number of anilines is 1. The molecule has 1 N–H and O–H groups in total. The first-order valence-electron chi connectivity index (χ1n) is 9.11. The van der Waals surface area contributed by atoms with E-state index in [1.165, 1.54) is 17.2 Å². The zero-order valence-electron chi connectivity index (χ0n) is 16.3. The number of hydrogen-bond acceptors (Lipinski definition) is 6. The molecular weight excluding hydrogens is 372 g/mol. The number of carbonyl (C=O) groups excluding carboxylic acids is 1. The van der Waals surface area contributed by atoms with Gasteiger partial charge in [-0.2, -0.15) is 10.2 Å². The van der Waals surface area contributed by atoms with E-state index in [1.54, 1.807) is 21.2 Å². The van der Waals surface area contributed by atoms with Crippen LogP contribution in [-0.4, -0.2) is 39.8 Å². The Morgan fingerprint density at radius 3 is 2.72 bits per heavy atom. The van der Waals surface area contributed by atoms with Gasteiger partial charge in [0.15, 0.2) is 0 Å². The summed E-state index contributed by atoms with van der Waals surface area (Å²) in [6.45, 7) is 3.75. The van der Waals surface area contributed by atoms with Crippen LogP contribution < -0.4 is 10.9 Å². The Morgan fingerprint density at radius 2 is 2.07 bits per heavy atom. The molecule has 0 saturated heterocycles. The van der Waals surface area contributed by atoms with Gasteiger partial charge >= 0.3 is 0 Å². The van der Waals surface area contributed by atoms with Gasteiger partial charge in [-0.3, -0.25) is 18.7 Å². The lowest BCUT2D eigenvalue weighted by atomic mass is 10.2. The van der Waals surface area contributed by atoms with Gasteiger partial charge in [0.25, 0.3) is 5.56 Å². The molecule has 10 nitrogen and oxygen atoms in total. The van der Waals surface area contributed by atoms with Crippen molar-refractivity contribution in [3.63, 3.8) is 0 Å². The Hall–Kier alpha value is -3.82. The maximum absolute atomic E-state index is 13.0. The van der Waals surface area contributed by atoms with Crippen molar-refractivity contribution in [2.45, 2.75) is 26.3 Å². The minimum atomic E-state index is -0.395. The number of amides is 1. The minimum absolute atomic E-state index is 0.0401. The quantitative estimate of drug-likeness (QED) is 0.550. The summed E-state index contributed by atoms with van der Waals surface area (Å²) in [6, 6.07) is 5.23. The lowest BCUT2D eigenvalue weighted by Crippen LogP contribution is -2.32. The Bertz CT molecular complexity index is 1240. The van der Waals surface area contributed by atoms with E-state index in [9.17, 15) is 9.59 Å². The average molecular weight is 392 g/mol. The molecule has 0 fully saturated rings. The zero-order chi connectivity index (χ0) is 20.5. The third kappa shape index (κ3) is 3.64. The number of fused-ring (bicyclic) bond motifs is 1. The number of carbonyl (C=O) groups is 1. The Labute approximate surface area is 165 Å². The van der Waals surface area contributed by atoms with E-state index in [0.29, 0.717) is 17.2 Å². The number of aryl methyl sites for hydroxylation is 1. The van der Waals surface area contributed by atoms with E-state index in [0.717, 1.165) is 11.3 Å². The van der Waals surface area contributed by atoms with Gasteiger partial charge in [0.2, 0.25) is 5.91 Å². The van der Waals surface area contributed by atoms with Crippen molar-refractivity contribution >= 4 is 17.2 Å². The van der Waals surface area contributed by atoms with Crippen molar-refractivity contribution in [1.82, 2.24) is 33.9 Å². The number of rotatable bonds is 5. The molecule has 0 unspecified atom stereocenters. The summed E-state index contributed by atoms with van der Waals surface area (Å²) in [5.74, 6) is 0.687. The Kier molecular flexibility index (Phi) is 4.67. The summed E-state index contributed by atoms with van der Waals surface area (Å²) < 4.78 is 4.66. The summed E-state index contributed by atoms with van der Waals surface area (Å²) in [7, 11) is 1.84. The fourth-order valence-corrected chi connectivity index (χ4v) is 3.06. The van der Waals surface area contributed by atoms with Crippen LogP contribution in [0.1, 0.15) is 25.6 Å². The molecule has 0 saturated carbocycles. The second-order valence-electron chi connectivity index (χ2n) is 6.98. The maximum Gasteiger partial charge on any atom is 0.291 e. The average Bonchev–Trinajstić information content (AvgIpc) is 3.31. The highest BCUT2D eigenvalue weighted by Crippen LogP contribution is 2.22. The van der Waals surface area contributed by atoms with Crippen LogP contribution in [0.15, 0.2) is 47.9 Å². The molecule has 4 heterocycles. The molecule has 4 aromatic heterocycles.